The molecule has 118 valence electrons. The molecule has 0 bridgehead atoms. The Labute approximate surface area is 130 Å². The zero-order valence-corrected chi connectivity index (χ0v) is 14.1. The summed E-state index contributed by atoms with van der Waals surface area (Å²) in [5, 5.41) is 3.76. The Kier molecular flexibility index (Phi) is 5.96. The Morgan fingerprint density at radius 3 is 2.67 bits per heavy atom. The van der Waals surface area contributed by atoms with Crippen molar-refractivity contribution in [1.82, 2.24) is 0 Å². The molecule has 3 unspecified atom stereocenters. The van der Waals surface area contributed by atoms with E-state index in [-0.39, 0.29) is 6.10 Å². The number of benzene rings is 1. The molecule has 1 aromatic rings. The number of ether oxygens (including phenoxy) is 1. The van der Waals surface area contributed by atoms with Gasteiger partial charge < -0.3 is 10.1 Å². The van der Waals surface area contributed by atoms with Gasteiger partial charge in [0, 0.05) is 17.8 Å². The molecule has 2 rings (SSSR count). The fourth-order valence-electron chi connectivity index (χ4n) is 3.33. The van der Waals surface area contributed by atoms with Crippen LogP contribution in [0.5, 0.6) is 5.75 Å². The van der Waals surface area contributed by atoms with Gasteiger partial charge in [0.15, 0.2) is 0 Å². The molecule has 21 heavy (non-hydrogen) atoms. The van der Waals surface area contributed by atoms with Crippen molar-refractivity contribution in [3.8, 4) is 5.75 Å². The minimum atomic E-state index is 0.276. The molecule has 1 aromatic carbocycles. The summed E-state index contributed by atoms with van der Waals surface area (Å²) in [6, 6.07) is 9.07. The molecule has 2 nitrogen and oxygen atoms in total. The van der Waals surface area contributed by atoms with Gasteiger partial charge in [-0.15, -0.1) is 0 Å². The Bertz CT molecular complexity index is 429. The van der Waals surface area contributed by atoms with Gasteiger partial charge in [0.2, 0.25) is 0 Å². The van der Waals surface area contributed by atoms with E-state index in [9.17, 15) is 0 Å². The maximum absolute atomic E-state index is 5.93. The highest BCUT2D eigenvalue weighted by Crippen LogP contribution is 2.33. The molecule has 0 heterocycles. The maximum Gasteiger partial charge on any atom is 0.121 e. The van der Waals surface area contributed by atoms with Gasteiger partial charge in [-0.25, -0.2) is 0 Å². The Morgan fingerprint density at radius 1 is 1.19 bits per heavy atom. The van der Waals surface area contributed by atoms with Gasteiger partial charge in [0.05, 0.1) is 6.10 Å². The van der Waals surface area contributed by atoms with Crippen molar-refractivity contribution in [3.05, 3.63) is 24.3 Å². The SMILES string of the molecule is CCC(C)Oc1cccc(NC2CCCCC2C(C)C)c1. The van der Waals surface area contributed by atoms with E-state index in [4.69, 9.17) is 4.74 Å². The first-order chi connectivity index (χ1) is 10.1. The zero-order valence-electron chi connectivity index (χ0n) is 14.1. The molecular weight excluding hydrogens is 258 g/mol. The summed E-state index contributed by atoms with van der Waals surface area (Å²) in [5.74, 6) is 2.52. The second-order valence-electron chi connectivity index (χ2n) is 6.81. The van der Waals surface area contributed by atoms with Crippen LogP contribution in [0.1, 0.15) is 59.8 Å². The van der Waals surface area contributed by atoms with Crippen molar-refractivity contribution in [2.75, 3.05) is 5.32 Å². The Hall–Kier alpha value is -1.18. The van der Waals surface area contributed by atoms with Crippen LogP contribution in [0.4, 0.5) is 5.69 Å². The molecular formula is C19H31NO. The molecule has 3 atom stereocenters. The van der Waals surface area contributed by atoms with E-state index < -0.39 is 0 Å². The molecule has 1 fully saturated rings. The fourth-order valence-corrected chi connectivity index (χ4v) is 3.33. The molecule has 1 aliphatic rings. The van der Waals surface area contributed by atoms with Crippen LogP contribution in [0.2, 0.25) is 0 Å². The summed E-state index contributed by atoms with van der Waals surface area (Å²) >= 11 is 0. The first-order valence-electron chi connectivity index (χ1n) is 8.63. The fraction of sp³-hybridized carbons (Fsp3) is 0.684. The number of nitrogens with one attached hydrogen (secondary N) is 1. The van der Waals surface area contributed by atoms with Crippen LogP contribution in [0.15, 0.2) is 24.3 Å². The highest BCUT2D eigenvalue weighted by Gasteiger charge is 2.27. The van der Waals surface area contributed by atoms with Crippen molar-refractivity contribution >= 4 is 5.69 Å². The molecule has 0 radical (unpaired) electrons. The first-order valence-corrected chi connectivity index (χ1v) is 8.63. The smallest absolute Gasteiger partial charge is 0.121 e. The van der Waals surface area contributed by atoms with E-state index >= 15 is 0 Å². The number of hydrogen-bond donors (Lipinski definition) is 1. The van der Waals surface area contributed by atoms with Crippen molar-refractivity contribution in [2.45, 2.75) is 71.9 Å². The van der Waals surface area contributed by atoms with Crippen LogP contribution in [-0.2, 0) is 0 Å². The molecule has 0 amide bonds. The van der Waals surface area contributed by atoms with Crippen molar-refractivity contribution in [3.63, 3.8) is 0 Å². The predicted molar refractivity (Wildman–Crippen MR) is 91.0 cm³/mol. The lowest BCUT2D eigenvalue weighted by Crippen LogP contribution is -2.35. The standard InChI is InChI=1S/C19H31NO/c1-5-15(4)21-17-10-8-9-16(13-17)20-19-12-7-6-11-18(19)14(2)3/h8-10,13-15,18-20H,5-7,11-12H2,1-4H3. The van der Waals surface area contributed by atoms with Gasteiger partial charge in [-0.05, 0) is 50.2 Å². The third-order valence-corrected chi connectivity index (χ3v) is 4.77. The summed E-state index contributed by atoms with van der Waals surface area (Å²) in [6.45, 7) is 8.98. The monoisotopic (exact) mass is 289 g/mol. The molecule has 1 saturated carbocycles. The average Bonchev–Trinajstić information content (AvgIpc) is 2.48. The van der Waals surface area contributed by atoms with Gasteiger partial charge >= 0.3 is 0 Å². The lowest BCUT2D eigenvalue weighted by molar-refractivity contribution is 0.217. The summed E-state index contributed by atoms with van der Waals surface area (Å²) < 4.78 is 5.93. The highest BCUT2D eigenvalue weighted by molar-refractivity contribution is 5.49. The quantitative estimate of drug-likeness (QED) is 0.747. The average molecular weight is 289 g/mol. The van der Waals surface area contributed by atoms with Crippen molar-refractivity contribution in [2.24, 2.45) is 11.8 Å². The van der Waals surface area contributed by atoms with E-state index in [0.29, 0.717) is 6.04 Å². The molecule has 1 aliphatic carbocycles. The number of anilines is 1. The third kappa shape index (κ3) is 4.66. The van der Waals surface area contributed by atoms with E-state index in [1.54, 1.807) is 0 Å². The minimum absolute atomic E-state index is 0.276. The molecule has 1 N–H and O–H groups in total. The first kappa shape index (κ1) is 16.2. The van der Waals surface area contributed by atoms with Gasteiger partial charge in [0.1, 0.15) is 5.75 Å². The summed E-state index contributed by atoms with van der Waals surface area (Å²) in [6.07, 6.45) is 6.70. The molecule has 0 aromatic heterocycles. The van der Waals surface area contributed by atoms with Crippen LogP contribution in [-0.4, -0.2) is 12.1 Å². The van der Waals surface area contributed by atoms with Crippen molar-refractivity contribution in [1.29, 1.82) is 0 Å². The normalized spacial score (nSPS) is 23.9. The Morgan fingerprint density at radius 2 is 1.95 bits per heavy atom. The van der Waals surface area contributed by atoms with Crippen LogP contribution < -0.4 is 10.1 Å². The number of hydrogen-bond acceptors (Lipinski definition) is 2. The van der Waals surface area contributed by atoms with Crippen LogP contribution in [0.25, 0.3) is 0 Å². The lowest BCUT2D eigenvalue weighted by Gasteiger charge is -2.35. The van der Waals surface area contributed by atoms with Crippen LogP contribution in [0, 0.1) is 11.8 Å². The number of rotatable bonds is 6. The largest absolute Gasteiger partial charge is 0.491 e. The second kappa shape index (κ2) is 7.72. The molecule has 2 heteroatoms. The third-order valence-electron chi connectivity index (χ3n) is 4.77. The minimum Gasteiger partial charge on any atom is -0.491 e. The highest BCUT2D eigenvalue weighted by atomic mass is 16.5. The predicted octanol–water partition coefficient (Wildman–Crippen LogP) is 5.49. The molecule has 0 aliphatic heterocycles. The van der Waals surface area contributed by atoms with Gasteiger partial charge in [0.25, 0.3) is 0 Å². The Balaban J connectivity index is 2.02. The van der Waals surface area contributed by atoms with E-state index in [1.165, 1.54) is 31.4 Å². The van der Waals surface area contributed by atoms with E-state index in [1.807, 2.05) is 0 Å². The zero-order chi connectivity index (χ0) is 15.2. The lowest BCUT2D eigenvalue weighted by atomic mass is 9.78. The van der Waals surface area contributed by atoms with Gasteiger partial charge in [-0.1, -0.05) is 39.7 Å². The van der Waals surface area contributed by atoms with E-state index in [0.717, 1.165) is 24.0 Å². The molecule has 0 spiro atoms. The van der Waals surface area contributed by atoms with Gasteiger partial charge in [-0.3, -0.25) is 0 Å². The van der Waals surface area contributed by atoms with E-state index in [2.05, 4.69) is 57.3 Å². The topological polar surface area (TPSA) is 21.3 Å². The summed E-state index contributed by atoms with van der Waals surface area (Å²) in [4.78, 5) is 0. The van der Waals surface area contributed by atoms with Crippen molar-refractivity contribution < 1.29 is 4.74 Å². The van der Waals surface area contributed by atoms with Crippen LogP contribution in [0.3, 0.4) is 0 Å². The summed E-state index contributed by atoms with van der Waals surface area (Å²) in [5.41, 5.74) is 1.20. The van der Waals surface area contributed by atoms with Crippen LogP contribution >= 0.6 is 0 Å². The maximum atomic E-state index is 5.93. The molecule has 0 saturated heterocycles. The van der Waals surface area contributed by atoms with Gasteiger partial charge in [-0.2, -0.15) is 0 Å². The second-order valence-corrected chi connectivity index (χ2v) is 6.81. The summed E-state index contributed by atoms with van der Waals surface area (Å²) in [7, 11) is 0.